The van der Waals surface area contributed by atoms with Crippen LogP contribution in [0.2, 0.25) is 0 Å². The number of hydrogen-bond acceptors (Lipinski definition) is 6. The highest BCUT2D eigenvalue weighted by Crippen LogP contribution is 2.17. The molecule has 0 bridgehead atoms. The van der Waals surface area contributed by atoms with E-state index in [1.54, 1.807) is 4.68 Å². The molecule has 0 N–H and O–H groups in total. The molecule has 0 radical (unpaired) electrons. The SMILES string of the molecule is Cc1ccc(-c2noc(Cn3cnc4c(cnn4-c4ccccc4)c3=O)n2)cc1. The van der Waals surface area contributed by atoms with E-state index < -0.39 is 0 Å². The molecule has 0 atom stereocenters. The van der Waals surface area contributed by atoms with E-state index >= 15 is 0 Å². The summed E-state index contributed by atoms with van der Waals surface area (Å²) in [6.45, 7) is 2.15. The summed E-state index contributed by atoms with van der Waals surface area (Å²) >= 11 is 0. The fourth-order valence-corrected chi connectivity index (χ4v) is 3.10. The molecule has 0 fully saturated rings. The summed E-state index contributed by atoms with van der Waals surface area (Å²) in [5.41, 5.74) is 3.14. The van der Waals surface area contributed by atoms with Crippen LogP contribution in [0, 0.1) is 6.92 Å². The molecule has 5 aromatic rings. The minimum atomic E-state index is -0.215. The Morgan fingerprint density at radius 3 is 2.62 bits per heavy atom. The zero-order valence-corrected chi connectivity index (χ0v) is 15.6. The van der Waals surface area contributed by atoms with E-state index in [9.17, 15) is 4.79 Å². The van der Waals surface area contributed by atoms with Crippen LogP contribution in [0.4, 0.5) is 0 Å². The van der Waals surface area contributed by atoms with Gasteiger partial charge in [-0.1, -0.05) is 53.2 Å². The minimum Gasteiger partial charge on any atom is -0.337 e. The van der Waals surface area contributed by atoms with E-state index in [4.69, 9.17) is 4.52 Å². The second kappa shape index (κ2) is 6.83. The van der Waals surface area contributed by atoms with Crippen molar-refractivity contribution >= 4 is 11.0 Å². The Kier molecular flexibility index (Phi) is 4.02. The van der Waals surface area contributed by atoms with Crippen LogP contribution < -0.4 is 5.56 Å². The van der Waals surface area contributed by atoms with Gasteiger partial charge in [0.15, 0.2) is 5.65 Å². The first-order chi connectivity index (χ1) is 14.2. The van der Waals surface area contributed by atoms with E-state index in [0.29, 0.717) is 22.7 Å². The highest BCUT2D eigenvalue weighted by Gasteiger charge is 2.14. The van der Waals surface area contributed by atoms with Crippen molar-refractivity contribution in [2.75, 3.05) is 0 Å². The fourth-order valence-electron chi connectivity index (χ4n) is 3.10. The molecule has 0 saturated carbocycles. The molecule has 3 heterocycles. The van der Waals surface area contributed by atoms with Gasteiger partial charge >= 0.3 is 0 Å². The predicted molar refractivity (Wildman–Crippen MR) is 107 cm³/mol. The summed E-state index contributed by atoms with van der Waals surface area (Å²) < 4.78 is 8.40. The van der Waals surface area contributed by atoms with Gasteiger partial charge in [0, 0.05) is 5.56 Å². The normalized spacial score (nSPS) is 11.2. The summed E-state index contributed by atoms with van der Waals surface area (Å²) in [6, 6.07) is 17.4. The number of aromatic nitrogens is 6. The Morgan fingerprint density at radius 1 is 1.03 bits per heavy atom. The van der Waals surface area contributed by atoms with Gasteiger partial charge in [0.2, 0.25) is 11.7 Å². The number of fused-ring (bicyclic) bond motifs is 1. The lowest BCUT2D eigenvalue weighted by atomic mass is 10.1. The lowest BCUT2D eigenvalue weighted by Crippen LogP contribution is -2.21. The summed E-state index contributed by atoms with van der Waals surface area (Å²) in [5, 5.41) is 8.75. The number of para-hydroxylation sites is 1. The molecule has 8 heteroatoms. The lowest BCUT2D eigenvalue weighted by molar-refractivity contribution is 0.369. The van der Waals surface area contributed by atoms with Crippen LogP contribution in [-0.4, -0.2) is 29.5 Å². The van der Waals surface area contributed by atoms with Crippen LogP contribution in [-0.2, 0) is 6.54 Å². The zero-order chi connectivity index (χ0) is 19.8. The highest BCUT2D eigenvalue weighted by molar-refractivity contribution is 5.74. The number of aryl methyl sites for hydroxylation is 1. The van der Waals surface area contributed by atoms with Gasteiger partial charge in [-0.2, -0.15) is 10.1 Å². The number of hydrogen-bond donors (Lipinski definition) is 0. The van der Waals surface area contributed by atoms with Crippen LogP contribution in [0.1, 0.15) is 11.5 Å². The molecule has 0 aliphatic rings. The number of benzene rings is 2. The second-order valence-corrected chi connectivity index (χ2v) is 6.68. The van der Waals surface area contributed by atoms with E-state index in [2.05, 4.69) is 20.2 Å². The van der Waals surface area contributed by atoms with E-state index in [-0.39, 0.29) is 12.1 Å². The summed E-state index contributed by atoms with van der Waals surface area (Å²) in [5.74, 6) is 0.818. The molecule has 5 rings (SSSR count). The van der Waals surface area contributed by atoms with Crippen molar-refractivity contribution in [1.82, 2.24) is 29.5 Å². The standard InChI is InChI=1S/C21H16N6O2/c1-14-7-9-15(10-8-14)19-24-18(29-25-19)12-26-13-22-20-17(21(26)28)11-23-27(20)16-5-3-2-4-6-16/h2-11,13H,12H2,1H3. The molecule has 0 saturated heterocycles. The summed E-state index contributed by atoms with van der Waals surface area (Å²) in [6.07, 6.45) is 3.00. The van der Waals surface area contributed by atoms with Crippen molar-refractivity contribution in [3.63, 3.8) is 0 Å². The molecular weight excluding hydrogens is 368 g/mol. The maximum Gasteiger partial charge on any atom is 0.264 e. The van der Waals surface area contributed by atoms with Gasteiger partial charge in [-0.25, -0.2) is 9.67 Å². The van der Waals surface area contributed by atoms with Gasteiger partial charge < -0.3 is 4.52 Å². The average molecular weight is 384 g/mol. The van der Waals surface area contributed by atoms with Gasteiger partial charge in [0.05, 0.1) is 11.9 Å². The molecule has 0 amide bonds. The Labute approximate surface area is 165 Å². The molecule has 0 aliphatic heterocycles. The van der Waals surface area contributed by atoms with Gasteiger partial charge in [0.1, 0.15) is 18.3 Å². The van der Waals surface area contributed by atoms with Gasteiger partial charge in [0.25, 0.3) is 5.56 Å². The average Bonchev–Trinajstić information content (AvgIpc) is 3.39. The largest absolute Gasteiger partial charge is 0.337 e. The second-order valence-electron chi connectivity index (χ2n) is 6.68. The first kappa shape index (κ1) is 17.1. The van der Waals surface area contributed by atoms with Crippen molar-refractivity contribution in [2.45, 2.75) is 13.5 Å². The first-order valence-corrected chi connectivity index (χ1v) is 9.07. The molecule has 3 aromatic heterocycles. The van der Waals surface area contributed by atoms with Crippen molar-refractivity contribution in [2.24, 2.45) is 0 Å². The molecule has 0 aliphatic carbocycles. The summed E-state index contributed by atoms with van der Waals surface area (Å²) in [7, 11) is 0. The molecule has 29 heavy (non-hydrogen) atoms. The van der Waals surface area contributed by atoms with Crippen molar-refractivity contribution in [1.29, 1.82) is 0 Å². The fraction of sp³-hybridized carbons (Fsp3) is 0.0952. The van der Waals surface area contributed by atoms with Crippen molar-refractivity contribution < 1.29 is 4.52 Å². The van der Waals surface area contributed by atoms with Crippen LogP contribution in [0.5, 0.6) is 0 Å². The minimum absolute atomic E-state index is 0.136. The first-order valence-electron chi connectivity index (χ1n) is 9.07. The lowest BCUT2D eigenvalue weighted by Gasteiger charge is -2.04. The Morgan fingerprint density at radius 2 is 1.83 bits per heavy atom. The summed E-state index contributed by atoms with van der Waals surface area (Å²) in [4.78, 5) is 21.7. The smallest absolute Gasteiger partial charge is 0.264 e. The van der Waals surface area contributed by atoms with E-state index in [1.807, 2.05) is 61.5 Å². The van der Waals surface area contributed by atoms with E-state index in [0.717, 1.165) is 16.8 Å². The third-order valence-corrected chi connectivity index (χ3v) is 4.64. The monoisotopic (exact) mass is 384 g/mol. The van der Waals surface area contributed by atoms with Crippen LogP contribution in [0.15, 0.2) is 76.4 Å². The Balaban J connectivity index is 1.47. The zero-order valence-electron chi connectivity index (χ0n) is 15.6. The predicted octanol–water partition coefficient (Wildman–Crippen LogP) is 2.99. The number of nitrogens with zero attached hydrogens (tertiary/aromatic N) is 6. The van der Waals surface area contributed by atoms with Crippen LogP contribution in [0.25, 0.3) is 28.1 Å². The van der Waals surface area contributed by atoms with Gasteiger partial charge in [-0.15, -0.1) is 0 Å². The third-order valence-electron chi connectivity index (χ3n) is 4.64. The molecule has 0 unspecified atom stereocenters. The quantitative estimate of drug-likeness (QED) is 0.473. The van der Waals surface area contributed by atoms with Crippen molar-refractivity contribution in [3.8, 4) is 17.1 Å². The van der Waals surface area contributed by atoms with Crippen LogP contribution in [0.3, 0.4) is 0 Å². The maximum absolute atomic E-state index is 12.9. The molecular formula is C21H16N6O2. The Bertz CT molecular complexity index is 1350. The topological polar surface area (TPSA) is 91.6 Å². The van der Waals surface area contributed by atoms with Gasteiger partial charge in [-0.3, -0.25) is 9.36 Å². The Hall–Kier alpha value is -4.07. The van der Waals surface area contributed by atoms with Crippen molar-refractivity contribution in [3.05, 3.63) is 88.9 Å². The highest BCUT2D eigenvalue weighted by atomic mass is 16.5. The maximum atomic E-state index is 12.9. The molecule has 0 spiro atoms. The molecule has 8 nitrogen and oxygen atoms in total. The van der Waals surface area contributed by atoms with Gasteiger partial charge in [-0.05, 0) is 19.1 Å². The number of rotatable bonds is 4. The van der Waals surface area contributed by atoms with E-state index in [1.165, 1.54) is 17.1 Å². The molecule has 142 valence electrons. The molecule has 2 aromatic carbocycles. The van der Waals surface area contributed by atoms with Crippen LogP contribution >= 0.6 is 0 Å². The third kappa shape index (κ3) is 3.10.